The van der Waals surface area contributed by atoms with Crippen molar-refractivity contribution in [2.24, 2.45) is 0 Å². The molecule has 3 nitrogen and oxygen atoms in total. The lowest BCUT2D eigenvalue weighted by atomic mass is 10.1. The number of amides is 1. The number of benzene rings is 1. The summed E-state index contributed by atoms with van der Waals surface area (Å²) in [4.78, 5) is 11.8. The first kappa shape index (κ1) is 13.6. The normalized spacial score (nSPS) is 11.4. The van der Waals surface area contributed by atoms with Gasteiger partial charge in [-0.25, -0.2) is 0 Å². The summed E-state index contributed by atoms with van der Waals surface area (Å²) in [6, 6.07) is 5.14. The molecule has 0 saturated carbocycles. The van der Waals surface area contributed by atoms with Gasteiger partial charge in [-0.3, -0.25) is 4.79 Å². The summed E-state index contributed by atoms with van der Waals surface area (Å²) < 4.78 is 5.84. The molecule has 0 aliphatic heterocycles. The third-order valence-electron chi connectivity index (χ3n) is 2.22. The highest BCUT2D eigenvalue weighted by atomic mass is 79.9. The zero-order valence-electron chi connectivity index (χ0n) is 9.79. The van der Waals surface area contributed by atoms with E-state index in [4.69, 9.17) is 11.2 Å². The number of methoxy groups -OCH3 is 1. The quantitative estimate of drug-likeness (QED) is 0.867. The van der Waals surface area contributed by atoms with E-state index >= 15 is 0 Å². The van der Waals surface area contributed by atoms with E-state index in [1.807, 2.05) is 6.92 Å². The van der Waals surface area contributed by atoms with Crippen molar-refractivity contribution >= 4 is 21.8 Å². The summed E-state index contributed by atoms with van der Waals surface area (Å²) in [6.45, 7) is 1.87. The largest absolute Gasteiger partial charge is 0.496 e. The number of hydrogen-bond donors (Lipinski definition) is 1. The van der Waals surface area contributed by atoms with Crippen LogP contribution in [0.15, 0.2) is 22.7 Å². The predicted octanol–water partition coefficient (Wildman–Crippen LogP) is 2.60. The fourth-order valence-corrected chi connectivity index (χ4v) is 1.88. The minimum absolute atomic E-state index is 0.0339. The zero-order valence-corrected chi connectivity index (χ0v) is 11.4. The van der Waals surface area contributed by atoms with E-state index in [9.17, 15) is 4.79 Å². The Bertz CT molecular complexity index is 451. The first-order chi connectivity index (χ1) is 8.08. The van der Waals surface area contributed by atoms with Crippen molar-refractivity contribution in [2.45, 2.75) is 19.4 Å². The summed E-state index contributed by atoms with van der Waals surface area (Å²) in [5.41, 5.74) is 0.571. The molecule has 1 amide bonds. The minimum atomic E-state index is -0.142. The maximum atomic E-state index is 11.8. The van der Waals surface area contributed by atoms with Crippen LogP contribution in [0.2, 0.25) is 0 Å². The molecule has 0 aromatic heterocycles. The summed E-state index contributed by atoms with van der Waals surface area (Å²) >= 11 is 3.34. The molecule has 1 atom stereocenters. The Kier molecular flexibility index (Phi) is 5.05. The molecule has 0 bridgehead atoms. The lowest BCUT2D eigenvalue weighted by Gasteiger charge is -2.11. The van der Waals surface area contributed by atoms with Crippen molar-refractivity contribution < 1.29 is 9.53 Å². The number of carbonyl (C=O) groups excluding carboxylic acids is 1. The molecule has 0 aliphatic carbocycles. The predicted molar refractivity (Wildman–Crippen MR) is 71.1 cm³/mol. The van der Waals surface area contributed by atoms with Crippen LogP contribution in [0.5, 0.6) is 5.75 Å². The first-order valence-electron chi connectivity index (χ1n) is 5.16. The molecule has 0 aliphatic rings. The molecule has 0 heterocycles. The van der Waals surface area contributed by atoms with Crippen molar-refractivity contribution in [1.82, 2.24) is 5.32 Å². The van der Waals surface area contributed by atoms with Gasteiger partial charge in [0.2, 0.25) is 0 Å². The van der Waals surface area contributed by atoms with Gasteiger partial charge in [-0.1, -0.05) is 0 Å². The number of halogens is 1. The van der Waals surface area contributed by atoms with E-state index in [0.29, 0.717) is 17.7 Å². The van der Waals surface area contributed by atoms with Crippen LogP contribution in [-0.4, -0.2) is 19.1 Å². The summed E-state index contributed by atoms with van der Waals surface area (Å²) in [7, 11) is 1.58. The second-order valence-electron chi connectivity index (χ2n) is 3.63. The van der Waals surface area contributed by atoms with Crippen molar-refractivity contribution in [2.75, 3.05) is 7.11 Å². The Labute approximate surface area is 110 Å². The van der Waals surface area contributed by atoms with Gasteiger partial charge in [-0.2, -0.15) is 0 Å². The van der Waals surface area contributed by atoms with Crippen LogP contribution in [0, 0.1) is 12.3 Å². The van der Waals surface area contributed by atoms with E-state index in [1.54, 1.807) is 25.3 Å². The van der Waals surface area contributed by atoms with E-state index in [1.165, 1.54) is 0 Å². The van der Waals surface area contributed by atoms with E-state index in [0.717, 1.165) is 4.47 Å². The third kappa shape index (κ3) is 3.79. The number of hydrogen-bond acceptors (Lipinski definition) is 2. The Morgan fingerprint density at radius 2 is 2.35 bits per heavy atom. The maximum Gasteiger partial charge on any atom is 0.251 e. The number of nitrogens with one attached hydrogen (secondary N) is 1. The van der Waals surface area contributed by atoms with Crippen LogP contribution in [0.1, 0.15) is 23.7 Å². The highest BCUT2D eigenvalue weighted by Gasteiger charge is 2.10. The molecule has 1 unspecified atom stereocenters. The van der Waals surface area contributed by atoms with Gasteiger partial charge in [0.1, 0.15) is 5.75 Å². The highest BCUT2D eigenvalue weighted by molar-refractivity contribution is 9.10. The molecular formula is C13H14BrNO2. The van der Waals surface area contributed by atoms with Gasteiger partial charge in [0, 0.05) is 18.0 Å². The SMILES string of the molecule is C#CCC(C)NC(=O)c1ccc(OC)c(Br)c1. The monoisotopic (exact) mass is 295 g/mol. The lowest BCUT2D eigenvalue weighted by Crippen LogP contribution is -2.32. The Balaban J connectivity index is 2.77. The second kappa shape index (κ2) is 6.31. The first-order valence-corrected chi connectivity index (χ1v) is 5.95. The summed E-state index contributed by atoms with van der Waals surface area (Å²) in [5.74, 6) is 3.06. The van der Waals surface area contributed by atoms with Gasteiger partial charge in [-0.05, 0) is 41.1 Å². The number of terminal acetylenes is 1. The Morgan fingerprint density at radius 1 is 1.65 bits per heavy atom. The summed E-state index contributed by atoms with van der Waals surface area (Å²) in [5, 5.41) is 2.82. The average Bonchev–Trinajstić information content (AvgIpc) is 2.29. The third-order valence-corrected chi connectivity index (χ3v) is 2.84. The molecule has 0 saturated heterocycles. The van der Waals surface area contributed by atoms with E-state index < -0.39 is 0 Å². The molecule has 17 heavy (non-hydrogen) atoms. The molecule has 1 rings (SSSR count). The molecule has 90 valence electrons. The van der Waals surface area contributed by atoms with Crippen LogP contribution < -0.4 is 10.1 Å². The van der Waals surface area contributed by atoms with Crippen molar-refractivity contribution in [3.05, 3.63) is 28.2 Å². The minimum Gasteiger partial charge on any atom is -0.496 e. The fourth-order valence-electron chi connectivity index (χ4n) is 1.34. The highest BCUT2D eigenvalue weighted by Crippen LogP contribution is 2.25. The number of ether oxygens (including phenoxy) is 1. The van der Waals surface area contributed by atoms with Gasteiger partial charge in [0.05, 0.1) is 11.6 Å². The number of rotatable bonds is 4. The van der Waals surface area contributed by atoms with Crippen molar-refractivity contribution in [3.63, 3.8) is 0 Å². The topological polar surface area (TPSA) is 38.3 Å². The van der Waals surface area contributed by atoms with Gasteiger partial charge in [0.25, 0.3) is 5.91 Å². The maximum absolute atomic E-state index is 11.8. The lowest BCUT2D eigenvalue weighted by molar-refractivity contribution is 0.0941. The molecule has 1 aromatic rings. The molecule has 0 fully saturated rings. The molecule has 1 N–H and O–H groups in total. The van der Waals surface area contributed by atoms with Gasteiger partial charge >= 0.3 is 0 Å². The van der Waals surface area contributed by atoms with Crippen LogP contribution in [-0.2, 0) is 0 Å². The molecule has 4 heteroatoms. The van der Waals surface area contributed by atoms with E-state index in [-0.39, 0.29) is 11.9 Å². The zero-order chi connectivity index (χ0) is 12.8. The van der Waals surface area contributed by atoms with Crippen LogP contribution in [0.25, 0.3) is 0 Å². The van der Waals surface area contributed by atoms with Crippen LogP contribution in [0.4, 0.5) is 0 Å². The van der Waals surface area contributed by atoms with Gasteiger partial charge in [0.15, 0.2) is 0 Å². The molecule has 0 radical (unpaired) electrons. The van der Waals surface area contributed by atoms with Gasteiger partial charge < -0.3 is 10.1 Å². The van der Waals surface area contributed by atoms with Crippen molar-refractivity contribution in [1.29, 1.82) is 0 Å². The summed E-state index contributed by atoms with van der Waals surface area (Å²) in [6.07, 6.45) is 5.70. The molecule has 0 spiro atoms. The van der Waals surface area contributed by atoms with Gasteiger partial charge in [-0.15, -0.1) is 12.3 Å². The Morgan fingerprint density at radius 3 is 2.88 bits per heavy atom. The van der Waals surface area contributed by atoms with E-state index in [2.05, 4.69) is 27.2 Å². The van der Waals surface area contributed by atoms with Crippen LogP contribution in [0.3, 0.4) is 0 Å². The number of carbonyl (C=O) groups is 1. The van der Waals surface area contributed by atoms with Crippen molar-refractivity contribution in [3.8, 4) is 18.1 Å². The molecular weight excluding hydrogens is 282 g/mol. The second-order valence-corrected chi connectivity index (χ2v) is 4.49. The average molecular weight is 296 g/mol. The smallest absolute Gasteiger partial charge is 0.251 e. The Hall–Kier alpha value is -1.47. The fraction of sp³-hybridized carbons (Fsp3) is 0.308. The molecule has 1 aromatic carbocycles. The van der Waals surface area contributed by atoms with Crippen LogP contribution >= 0.6 is 15.9 Å². The standard InChI is InChI=1S/C13H14BrNO2/c1-4-5-9(2)15-13(16)10-6-7-12(17-3)11(14)8-10/h1,6-9H,5H2,2-3H3,(H,15,16).